The molecule has 3 rings (SSSR count). The molecule has 1 aromatic rings. The number of pyridine rings is 1. The Labute approximate surface area is 191 Å². The van der Waals surface area contributed by atoms with Crippen LogP contribution in [0.2, 0.25) is 0 Å². The van der Waals surface area contributed by atoms with E-state index < -0.39 is 23.7 Å². The number of ether oxygens (including phenoxy) is 2. The van der Waals surface area contributed by atoms with Gasteiger partial charge in [0.1, 0.15) is 17.5 Å². The third kappa shape index (κ3) is 7.08. The Morgan fingerprint density at radius 1 is 1.34 bits per heavy atom. The maximum absolute atomic E-state index is 12.1. The van der Waals surface area contributed by atoms with Gasteiger partial charge in [-0.1, -0.05) is 6.07 Å². The predicted molar refractivity (Wildman–Crippen MR) is 124 cm³/mol. The largest absolute Gasteiger partial charge is 0.467 e. The van der Waals surface area contributed by atoms with Crippen molar-refractivity contribution in [1.29, 1.82) is 0 Å². The van der Waals surface area contributed by atoms with Crippen LogP contribution in [0.3, 0.4) is 0 Å². The third-order valence-electron chi connectivity index (χ3n) is 6.12. The van der Waals surface area contributed by atoms with Gasteiger partial charge in [-0.25, -0.2) is 14.6 Å². The zero-order chi connectivity index (χ0) is 23.3. The topological polar surface area (TPSA) is 92.8 Å². The quantitative estimate of drug-likeness (QED) is 0.563. The number of amides is 1. The van der Waals surface area contributed by atoms with E-state index in [9.17, 15) is 9.59 Å². The van der Waals surface area contributed by atoms with Crippen molar-refractivity contribution in [2.24, 2.45) is 5.92 Å². The zero-order valence-electron chi connectivity index (χ0n) is 20.1. The molecule has 0 bridgehead atoms. The number of esters is 1. The van der Waals surface area contributed by atoms with Crippen molar-refractivity contribution >= 4 is 17.9 Å². The van der Waals surface area contributed by atoms with Crippen LogP contribution in [0.25, 0.3) is 0 Å². The standard InChI is InChI=1S/C24H38N4O4/c1-24(2,3)32-23(30)27-19(22(29)31-5)12-14-28(4)20-15-17(20)9-11-18-10-8-16-7-6-13-25-21(16)26-18/h8,10,17,19-20H,6-7,9,11-15H2,1-5H3,(H,25,26)(H,27,30). The molecule has 1 aliphatic heterocycles. The normalized spacial score (nSPS) is 20.7. The molecule has 2 N–H and O–H groups in total. The number of carbonyl (C=O) groups excluding carboxylic acids is 2. The lowest BCUT2D eigenvalue weighted by atomic mass is 10.1. The van der Waals surface area contributed by atoms with Crippen molar-refractivity contribution < 1.29 is 19.1 Å². The summed E-state index contributed by atoms with van der Waals surface area (Å²) in [4.78, 5) is 31.3. The van der Waals surface area contributed by atoms with Gasteiger partial charge in [-0.2, -0.15) is 0 Å². The second kappa shape index (κ2) is 10.5. The Morgan fingerprint density at radius 3 is 2.84 bits per heavy atom. The van der Waals surface area contributed by atoms with Gasteiger partial charge in [0, 0.05) is 24.8 Å². The molecule has 2 aliphatic rings. The molecule has 3 atom stereocenters. The van der Waals surface area contributed by atoms with Gasteiger partial charge in [0.25, 0.3) is 0 Å². The van der Waals surface area contributed by atoms with Crippen LogP contribution in [0.4, 0.5) is 10.6 Å². The van der Waals surface area contributed by atoms with Crippen LogP contribution >= 0.6 is 0 Å². The van der Waals surface area contributed by atoms with Crippen molar-refractivity contribution in [3.8, 4) is 0 Å². The number of carbonyl (C=O) groups is 2. The molecule has 1 aromatic heterocycles. The molecule has 178 valence electrons. The number of anilines is 1. The van der Waals surface area contributed by atoms with Gasteiger partial charge in [0.05, 0.1) is 7.11 Å². The minimum Gasteiger partial charge on any atom is -0.467 e. The van der Waals surface area contributed by atoms with Gasteiger partial charge >= 0.3 is 12.1 Å². The first-order valence-corrected chi connectivity index (χ1v) is 11.7. The van der Waals surface area contributed by atoms with E-state index >= 15 is 0 Å². The highest BCUT2D eigenvalue weighted by atomic mass is 16.6. The molecule has 2 heterocycles. The summed E-state index contributed by atoms with van der Waals surface area (Å²) in [7, 11) is 3.41. The van der Waals surface area contributed by atoms with Crippen molar-refractivity contribution in [2.75, 3.05) is 32.6 Å². The Hall–Kier alpha value is -2.35. The lowest BCUT2D eigenvalue weighted by molar-refractivity contribution is -0.143. The Morgan fingerprint density at radius 2 is 2.12 bits per heavy atom. The van der Waals surface area contributed by atoms with Crippen LogP contribution in [0, 0.1) is 5.92 Å². The molecule has 0 radical (unpaired) electrons. The second-order valence-corrected chi connectivity index (χ2v) is 9.93. The van der Waals surface area contributed by atoms with Crippen molar-refractivity contribution in [3.63, 3.8) is 0 Å². The van der Waals surface area contributed by atoms with Crippen molar-refractivity contribution in [2.45, 2.75) is 77.0 Å². The lowest BCUT2D eigenvalue weighted by Crippen LogP contribution is -2.45. The number of methoxy groups -OCH3 is 1. The summed E-state index contributed by atoms with van der Waals surface area (Å²) in [5.74, 6) is 1.24. The Balaban J connectivity index is 1.42. The maximum Gasteiger partial charge on any atom is 0.408 e. The molecule has 1 amide bonds. The highest BCUT2D eigenvalue weighted by Crippen LogP contribution is 2.38. The molecule has 1 fully saturated rings. The van der Waals surface area contributed by atoms with E-state index in [0.29, 0.717) is 24.9 Å². The lowest BCUT2D eigenvalue weighted by Gasteiger charge is -2.24. The Kier molecular flexibility index (Phi) is 7.98. The molecule has 0 saturated heterocycles. The van der Waals surface area contributed by atoms with E-state index in [2.05, 4.69) is 34.7 Å². The number of fused-ring (bicyclic) bond motifs is 1. The molecule has 3 unspecified atom stereocenters. The fourth-order valence-electron chi connectivity index (χ4n) is 4.26. The van der Waals surface area contributed by atoms with E-state index in [1.807, 2.05) is 0 Å². The molecule has 8 heteroatoms. The molecule has 1 aliphatic carbocycles. The number of alkyl carbamates (subject to hydrolysis) is 1. The summed E-state index contributed by atoms with van der Waals surface area (Å²) in [6.45, 7) is 7.07. The first-order valence-electron chi connectivity index (χ1n) is 11.7. The number of hydrogen-bond donors (Lipinski definition) is 2. The second-order valence-electron chi connectivity index (χ2n) is 9.93. The number of rotatable bonds is 9. The van der Waals surface area contributed by atoms with Crippen LogP contribution in [-0.4, -0.2) is 66.9 Å². The van der Waals surface area contributed by atoms with Crippen LogP contribution in [0.15, 0.2) is 12.1 Å². The number of nitrogens with one attached hydrogen (secondary N) is 2. The molecular formula is C24H38N4O4. The first-order chi connectivity index (χ1) is 15.2. The number of nitrogens with zero attached hydrogens (tertiary/aromatic N) is 2. The van der Waals surface area contributed by atoms with Gasteiger partial charge in [0.2, 0.25) is 0 Å². The minimum absolute atomic E-state index is 0.455. The summed E-state index contributed by atoms with van der Waals surface area (Å²) >= 11 is 0. The smallest absolute Gasteiger partial charge is 0.408 e. The van der Waals surface area contributed by atoms with E-state index in [4.69, 9.17) is 14.5 Å². The molecule has 0 spiro atoms. The predicted octanol–water partition coefficient (Wildman–Crippen LogP) is 3.15. The number of hydrogen-bond acceptors (Lipinski definition) is 7. The summed E-state index contributed by atoms with van der Waals surface area (Å²) in [5.41, 5.74) is 1.86. The molecule has 1 saturated carbocycles. The molecule has 0 aromatic carbocycles. The molecule has 32 heavy (non-hydrogen) atoms. The first kappa shape index (κ1) is 24.3. The molecular weight excluding hydrogens is 408 g/mol. The van der Waals surface area contributed by atoms with Crippen molar-refractivity contribution in [3.05, 3.63) is 23.4 Å². The SMILES string of the molecule is COC(=O)C(CCN(C)C1CC1CCc1ccc2c(n1)NCCC2)NC(=O)OC(C)(C)C. The van der Waals surface area contributed by atoms with Crippen LogP contribution in [0.5, 0.6) is 0 Å². The third-order valence-corrected chi connectivity index (χ3v) is 6.12. The average Bonchev–Trinajstić information content (AvgIpc) is 3.52. The highest BCUT2D eigenvalue weighted by Gasteiger charge is 2.40. The van der Waals surface area contributed by atoms with Gasteiger partial charge in [-0.05, 0) is 83.9 Å². The van der Waals surface area contributed by atoms with E-state index in [1.165, 1.54) is 19.1 Å². The summed E-state index contributed by atoms with van der Waals surface area (Å²) in [6, 6.07) is 4.16. The Bertz CT molecular complexity index is 808. The van der Waals surface area contributed by atoms with E-state index in [1.54, 1.807) is 20.8 Å². The maximum atomic E-state index is 12.1. The summed E-state index contributed by atoms with van der Waals surface area (Å²) < 4.78 is 10.1. The molecule has 8 nitrogen and oxygen atoms in total. The van der Waals surface area contributed by atoms with Gasteiger partial charge in [0.15, 0.2) is 0 Å². The van der Waals surface area contributed by atoms with Gasteiger partial charge in [-0.15, -0.1) is 0 Å². The number of aromatic nitrogens is 1. The van der Waals surface area contributed by atoms with E-state index in [-0.39, 0.29) is 0 Å². The average molecular weight is 447 g/mol. The van der Waals surface area contributed by atoms with Crippen LogP contribution in [-0.2, 0) is 27.1 Å². The highest BCUT2D eigenvalue weighted by molar-refractivity contribution is 5.81. The zero-order valence-corrected chi connectivity index (χ0v) is 20.1. The van der Waals surface area contributed by atoms with Gasteiger partial charge < -0.3 is 25.0 Å². The minimum atomic E-state index is -0.721. The van der Waals surface area contributed by atoms with Gasteiger partial charge in [-0.3, -0.25) is 0 Å². The van der Waals surface area contributed by atoms with E-state index in [0.717, 1.165) is 43.7 Å². The fourth-order valence-corrected chi connectivity index (χ4v) is 4.26. The van der Waals surface area contributed by atoms with Crippen molar-refractivity contribution in [1.82, 2.24) is 15.2 Å². The fraction of sp³-hybridized carbons (Fsp3) is 0.708. The number of aryl methyl sites for hydroxylation is 2. The summed E-state index contributed by atoms with van der Waals surface area (Å²) in [6.07, 6.45) is 5.40. The summed E-state index contributed by atoms with van der Waals surface area (Å²) in [5, 5.41) is 6.05. The van der Waals surface area contributed by atoms with Crippen LogP contribution < -0.4 is 10.6 Å². The monoisotopic (exact) mass is 446 g/mol. The van der Waals surface area contributed by atoms with Crippen LogP contribution in [0.1, 0.15) is 57.7 Å².